The molecule has 0 saturated carbocycles. The number of hydrogen-bond acceptors (Lipinski definition) is 6. The van der Waals surface area contributed by atoms with E-state index in [0.29, 0.717) is 27.7 Å². The number of thiol groups is 1. The van der Waals surface area contributed by atoms with Gasteiger partial charge >= 0.3 is 0 Å². The summed E-state index contributed by atoms with van der Waals surface area (Å²) in [6, 6.07) is 9.01. The van der Waals surface area contributed by atoms with Gasteiger partial charge in [-0.1, -0.05) is 11.6 Å². The normalized spacial score (nSPS) is 15.7. The maximum atomic E-state index is 13.2. The predicted octanol–water partition coefficient (Wildman–Crippen LogP) is 4.93. The Labute approximate surface area is 173 Å². The minimum atomic E-state index is -0.470. The molecular weight excluding hydrogens is 399 g/mol. The second-order valence-corrected chi connectivity index (χ2v) is 7.67. The third-order valence-corrected chi connectivity index (χ3v) is 5.77. The predicted molar refractivity (Wildman–Crippen MR) is 113 cm³/mol. The number of benzene rings is 2. The van der Waals surface area contributed by atoms with E-state index >= 15 is 0 Å². The number of fused-ring (bicyclic) bond motifs is 2. The fourth-order valence-electron chi connectivity index (χ4n) is 3.29. The number of methoxy groups -OCH3 is 1. The summed E-state index contributed by atoms with van der Waals surface area (Å²) in [5.74, 6) is 0.734. The first kappa shape index (κ1) is 19.2. The van der Waals surface area contributed by atoms with E-state index in [9.17, 15) is 4.39 Å². The number of hydrogen-bond donors (Lipinski definition) is 2. The molecule has 2 saturated heterocycles. The van der Waals surface area contributed by atoms with Crippen molar-refractivity contribution in [2.75, 3.05) is 25.5 Å². The first-order valence-corrected chi connectivity index (χ1v) is 9.85. The fourth-order valence-corrected chi connectivity index (χ4v) is 3.76. The third kappa shape index (κ3) is 3.87. The lowest BCUT2D eigenvalue weighted by atomic mass is 9.91. The summed E-state index contributed by atoms with van der Waals surface area (Å²) in [5, 5.41) is 3.92. The molecule has 0 radical (unpaired) electrons. The van der Waals surface area contributed by atoms with Gasteiger partial charge in [0.05, 0.1) is 17.6 Å². The monoisotopic (exact) mass is 418 g/mol. The van der Waals surface area contributed by atoms with Gasteiger partial charge in [0.15, 0.2) is 0 Å². The largest absolute Gasteiger partial charge is 0.496 e. The second-order valence-electron chi connectivity index (χ2n) is 6.78. The Morgan fingerprint density at radius 2 is 1.96 bits per heavy atom. The quantitative estimate of drug-likeness (QED) is 0.591. The molecule has 3 aromatic rings. The van der Waals surface area contributed by atoms with Crippen molar-refractivity contribution in [2.45, 2.75) is 23.8 Å². The average molecular weight is 419 g/mol. The van der Waals surface area contributed by atoms with Crippen LogP contribution in [0.3, 0.4) is 0 Å². The van der Waals surface area contributed by atoms with Gasteiger partial charge in [-0.05, 0) is 50.2 Å². The highest BCUT2D eigenvalue weighted by Gasteiger charge is 2.34. The number of nitrogens with one attached hydrogen (secondary N) is 1. The van der Waals surface area contributed by atoms with Gasteiger partial charge in [0.1, 0.15) is 23.7 Å². The zero-order valence-corrected chi connectivity index (χ0v) is 17.0. The van der Waals surface area contributed by atoms with Crippen LogP contribution in [0.25, 0.3) is 10.9 Å². The lowest BCUT2D eigenvalue weighted by molar-refractivity contribution is -0.00222. The summed E-state index contributed by atoms with van der Waals surface area (Å²) in [6.07, 6.45) is 4.41. The standard InChI is InChI=1S/C15H11ClFN3OS.C5H9N/c1-21-13-6-12-9(5-14(13)22)15(19-7-18-12)20-8-2-3-11(17)10(16)4-8;1-3-6-4-2-5(1)6/h2-7,22H,1H3,(H,18,19,20);5H,1-4H2. The smallest absolute Gasteiger partial charge is 0.141 e. The molecule has 2 aliphatic heterocycles. The molecule has 1 N–H and O–H groups in total. The summed E-state index contributed by atoms with van der Waals surface area (Å²) < 4.78 is 18.4. The molecule has 0 unspecified atom stereocenters. The first-order valence-electron chi connectivity index (χ1n) is 9.03. The fraction of sp³-hybridized carbons (Fsp3) is 0.300. The van der Waals surface area contributed by atoms with E-state index in [1.165, 1.54) is 44.4 Å². The van der Waals surface area contributed by atoms with E-state index in [0.717, 1.165) is 11.4 Å². The van der Waals surface area contributed by atoms with Crippen molar-refractivity contribution in [3.63, 3.8) is 0 Å². The van der Waals surface area contributed by atoms with Crippen molar-refractivity contribution in [1.29, 1.82) is 0 Å². The van der Waals surface area contributed by atoms with Crippen molar-refractivity contribution in [3.8, 4) is 5.75 Å². The van der Waals surface area contributed by atoms with Crippen molar-refractivity contribution < 1.29 is 9.13 Å². The molecule has 5 rings (SSSR count). The minimum absolute atomic E-state index is 0.0416. The van der Waals surface area contributed by atoms with E-state index in [1.807, 2.05) is 6.07 Å². The Balaban J connectivity index is 0.000000268. The number of halogens is 2. The van der Waals surface area contributed by atoms with E-state index in [1.54, 1.807) is 19.2 Å². The van der Waals surface area contributed by atoms with Gasteiger partial charge in [-0.15, -0.1) is 12.6 Å². The zero-order valence-electron chi connectivity index (χ0n) is 15.3. The third-order valence-electron chi connectivity index (χ3n) is 5.13. The van der Waals surface area contributed by atoms with E-state index < -0.39 is 5.82 Å². The number of rotatable bonds is 3. The van der Waals surface area contributed by atoms with Crippen LogP contribution in [0.5, 0.6) is 5.75 Å². The van der Waals surface area contributed by atoms with Gasteiger partial charge < -0.3 is 15.0 Å². The lowest BCUT2D eigenvalue weighted by Crippen LogP contribution is -2.57. The molecule has 0 atom stereocenters. The molecule has 0 amide bonds. The Morgan fingerprint density at radius 1 is 1.21 bits per heavy atom. The number of aromatic nitrogens is 2. The highest BCUT2D eigenvalue weighted by Crippen LogP contribution is 2.32. The van der Waals surface area contributed by atoms with Gasteiger partial charge in [-0.25, -0.2) is 14.4 Å². The van der Waals surface area contributed by atoms with Crippen molar-refractivity contribution in [2.24, 2.45) is 0 Å². The Kier molecular flexibility index (Phi) is 5.57. The van der Waals surface area contributed by atoms with Gasteiger partial charge in [0, 0.05) is 28.1 Å². The summed E-state index contributed by atoms with van der Waals surface area (Å²) in [7, 11) is 1.57. The molecule has 8 heteroatoms. The van der Waals surface area contributed by atoms with Crippen LogP contribution in [0.4, 0.5) is 15.9 Å². The van der Waals surface area contributed by atoms with E-state index in [4.69, 9.17) is 16.3 Å². The van der Waals surface area contributed by atoms with Crippen LogP contribution in [0.1, 0.15) is 12.8 Å². The van der Waals surface area contributed by atoms with E-state index in [2.05, 4.69) is 32.8 Å². The number of anilines is 2. The summed E-state index contributed by atoms with van der Waals surface area (Å²) in [6.45, 7) is 2.79. The van der Waals surface area contributed by atoms with Crippen molar-refractivity contribution >= 4 is 46.6 Å². The maximum absolute atomic E-state index is 13.2. The molecule has 146 valence electrons. The second kappa shape index (κ2) is 8.11. The molecule has 0 spiro atoms. The number of piperidine rings is 1. The number of nitrogens with zero attached hydrogens (tertiary/aromatic N) is 3. The molecule has 1 aromatic heterocycles. The highest BCUT2D eigenvalue weighted by atomic mass is 35.5. The van der Waals surface area contributed by atoms with Crippen LogP contribution in [0.2, 0.25) is 5.02 Å². The van der Waals surface area contributed by atoms with Gasteiger partial charge in [-0.3, -0.25) is 0 Å². The van der Waals surface area contributed by atoms with Crippen LogP contribution in [-0.2, 0) is 0 Å². The molecule has 2 aliphatic rings. The molecule has 2 aromatic carbocycles. The molecule has 5 nitrogen and oxygen atoms in total. The van der Waals surface area contributed by atoms with Crippen LogP contribution in [0, 0.1) is 5.82 Å². The van der Waals surface area contributed by atoms with Crippen LogP contribution in [-0.4, -0.2) is 41.1 Å². The molecule has 28 heavy (non-hydrogen) atoms. The summed E-state index contributed by atoms with van der Waals surface area (Å²) >= 11 is 10.2. The summed E-state index contributed by atoms with van der Waals surface area (Å²) in [5.41, 5.74) is 1.34. The lowest BCUT2D eigenvalue weighted by Gasteiger charge is -2.50. The zero-order chi connectivity index (χ0) is 19.7. The van der Waals surface area contributed by atoms with Crippen LogP contribution < -0.4 is 10.1 Å². The van der Waals surface area contributed by atoms with Gasteiger partial charge in [0.25, 0.3) is 0 Å². The number of ether oxygens (including phenoxy) is 1. The average Bonchev–Trinajstić information content (AvgIpc) is 2.68. The van der Waals surface area contributed by atoms with Crippen LogP contribution in [0.15, 0.2) is 41.6 Å². The van der Waals surface area contributed by atoms with Crippen LogP contribution >= 0.6 is 24.2 Å². The molecule has 0 aliphatic carbocycles. The SMILES string of the molecule is C1CN2CCC12.COc1cc2ncnc(Nc3ccc(F)c(Cl)c3)c2cc1S. The minimum Gasteiger partial charge on any atom is -0.496 e. The molecule has 2 fully saturated rings. The first-order chi connectivity index (χ1) is 13.5. The van der Waals surface area contributed by atoms with Crippen molar-refractivity contribution in [3.05, 3.63) is 47.5 Å². The van der Waals surface area contributed by atoms with Gasteiger partial charge in [-0.2, -0.15) is 0 Å². The van der Waals surface area contributed by atoms with Crippen molar-refractivity contribution in [1.82, 2.24) is 14.9 Å². The molecule has 3 heterocycles. The molecule has 0 bridgehead atoms. The maximum Gasteiger partial charge on any atom is 0.141 e. The molecular formula is C20H20ClFN4OS. The van der Waals surface area contributed by atoms with Gasteiger partial charge in [0.2, 0.25) is 0 Å². The summed E-state index contributed by atoms with van der Waals surface area (Å²) in [4.78, 5) is 11.6. The van der Waals surface area contributed by atoms with E-state index in [-0.39, 0.29) is 5.02 Å². The highest BCUT2D eigenvalue weighted by molar-refractivity contribution is 7.80. The Bertz CT molecular complexity index is 1000. The topological polar surface area (TPSA) is 50.3 Å². The Hall–Kier alpha value is -2.09. The Morgan fingerprint density at radius 3 is 2.54 bits per heavy atom.